The van der Waals surface area contributed by atoms with Gasteiger partial charge in [-0.1, -0.05) is 11.6 Å². The number of carbonyl (C=O) groups is 1. The van der Waals surface area contributed by atoms with Crippen LogP contribution in [0.15, 0.2) is 28.9 Å². The molecule has 0 saturated carbocycles. The predicted octanol–water partition coefficient (Wildman–Crippen LogP) is 2.75. The molecule has 0 bridgehead atoms. The summed E-state index contributed by atoms with van der Waals surface area (Å²) < 4.78 is 5.22. The van der Waals surface area contributed by atoms with Crippen LogP contribution in [0, 0.1) is 0 Å². The van der Waals surface area contributed by atoms with Gasteiger partial charge < -0.3 is 9.73 Å². The Morgan fingerprint density at radius 1 is 1.44 bits per heavy atom. The summed E-state index contributed by atoms with van der Waals surface area (Å²) in [5.74, 6) is 0.463. The zero-order valence-electron chi connectivity index (χ0n) is 8.37. The molecule has 0 aliphatic heterocycles. The van der Waals surface area contributed by atoms with Gasteiger partial charge in [0.15, 0.2) is 5.58 Å². The van der Waals surface area contributed by atoms with Crippen molar-refractivity contribution in [3.8, 4) is 0 Å². The van der Waals surface area contributed by atoms with Crippen molar-refractivity contribution in [3.63, 3.8) is 0 Å². The molecule has 0 atom stereocenters. The summed E-state index contributed by atoms with van der Waals surface area (Å²) in [7, 11) is 0. The fraction of sp³-hybridized carbons (Fsp3) is 0.182. The van der Waals surface area contributed by atoms with Crippen LogP contribution in [-0.2, 0) is 0 Å². The van der Waals surface area contributed by atoms with Crippen LogP contribution in [0.25, 0.3) is 11.0 Å². The molecule has 3 nitrogen and oxygen atoms in total. The lowest BCUT2D eigenvalue weighted by Gasteiger charge is -2.04. The predicted molar refractivity (Wildman–Crippen MR) is 67.4 cm³/mol. The van der Waals surface area contributed by atoms with E-state index in [0.717, 1.165) is 5.39 Å². The highest BCUT2D eigenvalue weighted by Crippen LogP contribution is 2.27. The molecule has 0 radical (unpaired) electrons. The Kier molecular flexibility index (Phi) is 3.41. The second kappa shape index (κ2) is 4.80. The highest BCUT2D eigenvalue weighted by Gasteiger charge is 2.13. The summed E-state index contributed by atoms with van der Waals surface area (Å²) in [4.78, 5) is 11.8. The minimum absolute atomic E-state index is 0.142. The molecule has 1 aromatic carbocycles. The second-order valence-corrected chi connectivity index (χ2v) is 4.09. The van der Waals surface area contributed by atoms with E-state index in [1.807, 2.05) is 0 Å². The van der Waals surface area contributed by atoms with Crippen molar-refractivity contribution in [2.75, 3.05) is 12.3 Å². The molecular formula is C11H10ClNO2S. The lowest BCUT2D eigenvalue weighted by molar-refractivity contribution is 0.0958. The van der Waals surface area contributed by atoms with Crippen molar-refractivity contribution in [2.45, 2.75) is 0 Å². The number of halogens is 1. The molecule has 2 aromatic rings. The number of nitrogens with one attached hydrogen (secondary N) is 1. The number of hydrogen-bond donors (Lipinski definition) is 2. The van der Waals surface area contributed by atoms with Gasteiger partial charge in [0.25, 0.3) is 5.91 Å². The van der Waals surface area contributed by atoms with Crippen LogP contribution in [0.3, 0.4) is 0 Å². The molecule has 5 heteroatoms. The van der Waals surface area contributed by atoms with Crippen LogP contribution >= 0.6 is 24.2 Å². The third kappa shape index (κ3) is 2.03. The van der Waals surface area contributed by atoms with Gasteiger partial charge in [-0.05, 0) is 18.2 Å². The number of rotatable bonds is 3. The maximum Gasteiger partial charge on any atom is 0.252 e. The first kappa shape index (κ1) is 11.4. The Bertz CT molecular complexity index is 524. The van der Waals surface area contributed by atoms with Gasteiger partial charge in [-0.25, -0.2) is 0 Å². The number of carbonyl (C=O) groups excluding carboxylic acids is 1. The van der Waals surface area contributed by atoms with Crippen molar-refractivity contribution in [3.05, 3.63) is 35.0 Å². The van der Waals surface area contributed by atoms with Crippen LogP contribution < -0.4 is 5.32 Å². The summed E-state index contributed by atoms with van der Waals surface area (Å²) in [5, 5.41) is 3.98. The van der Waals surface area contributed by atoms with Gasteiger partial charge in [0.1, 0.15) is 0 Å². The molecule has 1 N–H and O–H groups in total. The molecule has 0 aliphatic carbocycles. The van der Waals surface area contributed by atoms with Crippen molar-refractivity contribution in [1.82, 2.24) is 5.32 Å². The van der Waals surface area contributed by atoms with E-state index in [1.165, 1.54) is 6.26 Å². The Morgan fingerprint density at radius 3 is 3.00 bits per heavy atom. The summed E-state index contributed by atoms with van der Waals surface area (Å²) in [6, 6.07) is 5.08. The molecule has 16 heavy (non-hydrogen) atoms. The summed E-state index contributed by atoms with van der Waals surface area (Å²) in [6.07, 6.45) is 1.52. The SMILES string of the molecule is O=C(NCCS)c1ccc(Cl)c2occc12. The van der Waals surface area contributed by atoms with Crippen molar-refractivity contribution in [2.24, 2.45) is 0 Å². The van der Waals surface area contributed by atoms with Crippen LogP contribution in [0.2, 0.25) is 5.02 Å². The molecule has 84 valence electrons. The number of amides is 1. The van der Waals surface area contributed by atoms with E-state index in [4.69, 9.17) is 16.0 Å². The van der Waals surface area contributed by atoms with Gasteiger partial charge in [-0.15, -0.1) is 0 Å². The zero-order chi connectivity index (χ0) is 11.5. The molecule has 0 aliphatic rings. The summed E-state index contributed by atoms with van der Waals surface area (Å²) >= 11 is 9.97. The van der Waals surface area contributed by atoms with E-state index in [-0.39, 0.29) is 5.91 Å². The minimum Gasteiger partial charge on any atom is -0.463 e. The molecule has 1 heterocycles. The number of fused-ring (bicyclic) bond motifs is 1. The van der Waals surface area contributed by atoms with Crippen LogP contribution in [0.5, 0.6) is 0 Å². The van der Waals surface area contributed by atoms with E-state index in [1.54, 1.807) is 18.2 Å². The average Bonchev–Trinajstić information content (AvgIpc) is 2.76. The van der Waals surface area contributed by atoms with Gasteiger partial charge in [0.2, 0.25) is 0 Å². The average molecular weight is 256 g/mol. The van der Waals surface area contributed by atoms with E-state index < -0.39 is 0 Å². The quantitative estimate of drug-likeness (QED) is 0.829. The molecule has 2 rings (SSSR count). The molecular weight excluding hydrogens is 246 g/mol. The number of hydrogen-bond acceptors (Lipinski definition) is 3. The first-order valence-corrected chi connectivity index (χ1v) is 5.80. The first-order valence-electron chi connectivity index (χ1n) is 4.79. The molecule has 0 saturated heterocycles. The van der Waals surface area contributed by atoms with Crippen molar-refractivity contribution < 1.29 is 9.21 Å². The number of benzene rings is 1. The van der Waals surface area contributed by atoms with Crippen molar-refractivity contribution >= 4 is 41.1 Å². The lowest BCUT2D eigenvalue weighted by Crippen LogP contribution is -2.25. The Morgan fingerprint density at radius 2 is 2.25 bits per heavy atom. The maximum atomic E-state index is 11.8. The highest BCUT2D eigenvalue weighted by atomic mass is 35.5. The van der Waals surface area contributed by atoms with Gasteiger partial charge in [-0.2, -0.15) is 12.6 Å². The Balaban J connectivity index is 2.41. The molecule has 0 unspecified atom stereocenters. The van der Waals surface area contributed by atoms with Crippen molar-refractivity contribution in [1.29, 1.82) is 0 Å². The summed E-state index contributed by atoms with van der Waals surface area (Å²) in [5.41, 5.74) is 1.11. The fourth-order valence-corrected chi connectivity index (χ4v) is 1.81. The molecule has 1 aromatic heterocycles. The number of thiol groups is 1. The van der Waals surface area contributed by atoms with Gasteiger partial charge in [0.05, 0.1) is 16.8 Å². The minimum atomic E-state index is -0.142. The molecule has 0 spiro atoms. The van der Waals surface area contributed by atoms with Gasteiger partial charge >= 0.3 is 0 Å². The molecule has 0 fully saturated rings. The van der Waals surface area contributed by atoms with Gasteiger partial charge in [0, 0.05) is 17.7 Å². The monoisotopic (exact) mass is 255 g/mol. The number of furan rings is 1. The van der Waals surface area contributed by atoms with Crippen LogP contribution in [0.4, 0.5) is 0 Å². The third-order valence-electron chi connectivity index (χ3n) is 2.21. The summed E-state index contributed by atoms with van der Waals surface area (Å²) in [6.45, 7) is 0.532. The van der Waals surface area contributed by atoms with Crippen LogP contribution in [0.1, 0.15) is 10.4 Å². The Hall–Kier alpha value is -1.13. The third-order valence-corrected chi connectivity index (χ3v) is 2.73. The highest BCUT2D eigenvalue weighted by molar-refractivity contribution is 7.80. The van der Waals surface area contributed by atoms with E-state index in [2.05, 4.69) is 17.9 Å². The normalized spacial score (nSPS) is 10.6. The van der Waals surface area contributed by atoms with E-state index >= 15 is 0 Å². The topological polar surface area (TPSA) is 42.2 Å². The Labute approximate surface area is 103 Å². The fourth-order valence-electron chi connectivity index (χ4n) is 1.49. The standard InChI is InChI=1S/C11H10ClNO2S/c12-9-2-1-8(11(14)13-4-6-16)7-3-5-15-10(7)9/h1-3,5,16H,4,6H2,(H,13,14). The second-order valence-electron chi connectivity index (χ2n) is 3.24. The smallest absolute Gasteiger partial charge is 0.252 e. The lowest BCUT2D eigenvalue weighted by atomic mass is 10.1. The maximum absolute atomic E-state index is 11.8. The first-order chi connectivity index (χ1) is 7.74. The zero-order valence-corrected chi connectivity index (χ0v) is 10.0. The van der Waals surface area contributed by atoms with E-state index in [9.17, 15) is 4.79 Å². The van der Waals surface area contributed by atoms with Gasteiger partial charge in [-0.3, -0.25) is 4.79 Å². The van der Waals surface area contributed by atoms with Crippen LogP contribution in [-0.4, -0.2) is 18.2 Å². The molecule has 1 amide bonds. The van der Waals surface area contributed by atoms with E-state index in [0.29, 0.717) is 28.5 Å². The largest absolute Gasteiger partial charge is 0.463 e.